The van der Waals surface area contributed by atoms with Crippen LogP contribution in [0.1, 0.15) is 56.7 Å². The van der Waals surface area contributed by atoms with Gasteiger partial charge in [-0.25, -0.2) is 9.37 Å². The Balaban J connectivity index is 0.708. The molecule has 0 spiro atoms. The molecule has 19 heteroatoms. The van der Waals surface area contributed by atoms with Crippen molar-refractivity contribution in [3.8, 4) is 23.1 Å². The average Bonchev–Trinajstić information content (AvgIpc) is 3.97. The van der Waals surface area contributed by atoms with Crippen molar-refractivity contribution in [1.82, 2.24) is 35.3 Å². The van der Waals surface area contributed by atoms with Crippen LogP contribution in [-0.4, -0.2) is 118 Å². The van der Waals surface area contributed by atoms with Crippen molar-refractivity contribution in [2.75, 3.05) is 58.0 Å². The number of aryl methyl sites for hydroxylation is 2. The van der Waals surface area contributed by atoms with Crippen LogP contribution in [0.2, 0.25) is 5.02 Å². The first kappa shape index (κ1) is 46.5. The number of aromatic hydroxyl groups is 1. The fourth-order valence-corrected chi connectivity index (χ4v) is 8.13. The van der Waals surface area contributed by atoms with Crippen LogP contribution in [-0.2, 0) is 47.9 Å². The van der Waals surface area contributed by atoms with Crippen LogP contribution in [0.4, 0.5) is 10.1 Å². The van der Waals surface area contributed by atoms with Gasteiger partial charge in [-0.05, 0) is 85.7 Å². The maximum absolute atomic E-state index is 13.6. The number of hydrogen-bond acceptors (Lipinski definition) is 12. The summed E-state index contributed by atoms with van der Waals surface area (Å²) in [5.74, 6) is -2.67. The van der Waals surface area contributed by atoms with Crippen molar-refractivity contribution in [2.24, 2.45) is 0 Å². The van der Waals surface area contributed by atoms with Crippen LogP contribution in [0.3, 0.4) is 0 Å². The Kier molecular flexibility index (Phi) is 15.0. The quantitative estimate of drug-likeness (QED) is 0.0432. The molecule has 1 atom stereocenters. The summed E-state index contributed by atoms with van der Waals surface area (Å²) in [6.07, 6.45) is 2.69. The Morgan fingerprint density at radius 3 is 2.36 bits per heavy atom. The van der Waals surface area contributed by atoms with Gasteiger partial charge in [-0.1, -0.05) is 54.1 Å². The average molecular weight is 935 g/mol. The van der Waals surface area contributed by atoms with Crippen molar-refractivity contribution in [1.29, 1.82) is 0 Å². The molecular formula is C48H48ClFN8O9. The molecule has 67 heavy (non-hydrogen) atoms. The number of carbonyl (C=O) groups excluding carboxylic acids is 5. The van der Waals surface area contributed by atoms with Crippen LogP contribution in [0, 0.1) is 5.82 Å². The Morgan fingerprint density at radius 1 is 0.851 bits per heavy atom. The maximum Gasteiger partial charge on any atom is 0.264 e. The van der Waals surface area contributed by atoms with Gasteiger partial charge in [0.15, 0.2) is 0 Å². The van der Waals surface area contributed by atoms with Crippen molar-refractivity contribution in [3.05, 3.63) is 124 Å². The molecule has 8 rings (SSSR count). The van der Waals surface area contributed by atoms with E-state index < -0.39 is 29.7 Å². The predicted molar refractivity (Wildman–Crippen MR) is 245 cm³/mol. The zero-order valence-corrected chi connectivity index (χ0v) is 37.1. The highest BCUT2D eigenvalue weighted by Crippen LogP contribution is 2.35. The fourth-order valence-electron chi connectivity index (χ4n) is 7.96. The highest BCUT2D eigenvalue weighted by Gasteiger charge is 2.45. The molecule has 5 amide bonds. The first-order valence-electron chi connectivity index (χ1n) is 21.9. The number of halogens is 2. The topological polar surface area (TPSA) is 219 Å². The lowest BCUT2D eigenvalue weighted by Gasteiger charge is -2.27. The number of H-pyrrole nitrogens is 1. The molecule has 0 bridgehead atoms. The minimum Gasteiger partial charge on any atom is -0.493 e. The standard InChI is InChI=1S/C48H48ClFN8O9/c49-32-13-17-36-38(27-32)54-48(53-36)58-46(63)35(16-10-30-8-14-33(50)15-9-30)43(56-58)31-11-6-29(7-12-31)3-2-22-65-23-24-66-25-26-67-28-41(60)52-21-20-51-37-5-1-4-34-42(37)47(64)57(45(34)62)39-18-19-40(59)55-44(39)61/h1,4-9,11-15,17,27,39,51,63H,2-3,10,16,18-26,28H2,(H,52,60)(H,53,54)(H,55,59,61). The number of aromatic amines is 1. The lowest BCUT2D eigenvalue weighted by Crippen LogP contribution is -2.54. The van der Waals surface area contributed by atoms with Gasteiger partial charge in [-0.15, -0.1) is 0 Å². The van der Waals surface area contributed by atoms with Crippen molar-refractivity contribution < 1.29 is 47.7 Å². The van der Waals surface area contributed by atoms with Gasteiger partial charge in [0.25, 0.3) is 11.8 Å². The number of amides is 5. The lowest BCUT2D eigenvalue weighted by molar-refractivity contribution is -0.136. The summed E-state index contributed by atoms with van der Waals surface area (Å²) in [6.45, 7) is 2.09. The number of aromatic nitrogens is 4. The molecule has 17 nitrogen and oxygen atoms in total. The second kappa shape index (κ2) is 21.5. The molecule has 2 aromatic heterocycles. The van der Waals surface area contributed by atoms with Gasteiger partial charge in [-0.2, -0.15) is 9.78 Å². The Hall–Kier alpha value is -6.99. The number of benzene rings is 4. The second-order valence-electron chi connectivity index (χ2n) is 15.9. The lowest BCUT2D eigenvalue weighted by atomic mass is 9.99. The number of fused-ring (bicyclic) bond motifs is 2. The number of nitrogens with zero attached hydrogens (tertiary/aromatic N) is 4. The monoisotopic (exact) mass is 934 g/mol. The molecule has 1 unspecified atom stereocenters. The van der Waals surface area contributed by atoms with E-state index in [0.717, 1.165) is 39.9 Å². The van der Waals surface area contributed by atoms with Gasteiger partial charge in [0.1, 0.15) is 24.2 Å². The Morgan fingerprint density at radius 2 is 1.58 bits per heavy atom. The van der Waals surface area contributed by atoms with Gasteiger partial charge in [0.2, 0.25) is 29.5 Å². The van der Waals surface area contributed by atoms with E-state index in [1.807, 2.05) is 30.3 Å². The largest absolute Gasteiger partial charge is 0.493 e. The van der Waals surface area contributed by atoms with E-state index in [4.69, 9.17) is 30.9 Å². The van der Waals surface area contributed by atoms with Crippen LogP contribution in [0.25, 0.3) is 28.2 Å². The second-order valence-corrected chi connectivity index (χ2v) is 16.4. The van der Waals surface area contributed by atoms with Gasteiger partial charge >= 0.3 is 0 Å². The maximum atomic E-state index is 13.6. The summed E-state index contributed by atoms with van der Waals surface area (Å²) >= 11 is 6.18. The molecule has 4 heterocycles. The summed E-state index contributed by atoms with van der Waals surface area (Å²) in [4.78, 5) is 71.2. The summed E-state index contributed by atoms with van der Waals surface area (Å²) in [7, 11) is 0. The summed E-state index contributed by atoms with van der Waals surface area (Å²) < 4.78 is 31.7. The SMILES string of the molecule is O=C(COCCOCCOCCCc1ccc(-c2nn(-c3nc4cc(Cl)ccc4[nH]3)c(O)c2CCc2ccc(F)cc2)cc1)NCCNc1cccc2c1C(=O)N(C1CCC(=O)NC1=O)C2=O. The van der Waals surface area contributed by atoms with Gasteiger partial charge < -0.3 is 34.9 Å². The third kappa shape index (κ3) is 11.2. The highest BCUT2D eigenvalue weighted by atomic mass is 35.5. The number of nitrogens with one attached hydrogen (secondary N) is 4. The molecule has 4 aromatic carbocycles. The third-order valence-electron chi connectivity index (χ3n) is 11.4. The minimum absolute atomic E-state index is 0.0312. The van der Waals surface area contributed by atoms with Crippen LogP contribution in [0.5, 0.6) is 5.88 Å². The third-order valence-corrected chi connectivity index (χ3v) is 11.6. The number of carbonyl (C=O) groups is 5. The Labute approximate surface area is 388 Å². The molecular weight excluding hydrogens is 887 g/mol. The number of rotatable bonds is 22. The number of hydrogen-bond donors (Lipinski definition) is 5. The molecule has 348 valence electrons. The molecule has 5 N–H and O–H groups in total. The van der Waals surface area contributed by atoms with Crippen LogP contribution >= 0.6 is 11.6 Å². The molecule has 2 aliphatic rings. The van der Waals surface area contributed by atoms with Crippen molar-refractivity contribution in [3.63, 3.8) is 0 Å². The zero-order chi connectivity index (χ0) is 46.9. The predicted octanol–water partition coefficient (Wildman–Crippen LogP) is 5.31. The van der Waals surface area contributed by atoms with Gasteiger partial charge in [0.05, 0.1) is 48.6 Å². The minimum atomic E-state index is -1.06. The van der Waals surface area contributed by atoms with E-state index in [9.17, 15) is 33.5 Å². The first-order chi connectivity index (χ1) is 32.5. The van der Waals surface area contributed by atoms with Gasteiger partial charge in [0, 0.05) is 48.0 Å². The summed E-state index contributed by atoms with van der Waals surface area (Å²) in [5.41, 5.74) is 6.21. The van der Waals surface area contributed by atoms with E-state index in [1.165, 1.54) is 22.9 Å². The van der Waals surface area contributed by atoms with Gasteiger partial charge in [-0.3, -0.25) is 34.2 Å². The molecule has 0 saturated carbocycles. The Bertz CT molecular complexity index is 2780. The van der Waals surface area contributed by atoms with E-state index >= 15 is 0 Å². The van der Waals surface area contributed by atoms with Crippen molar-refractivity contribution >= 4 is 57.9 Å². The molecule has 1 saturated heterocycles. The fraction of sp³-hybridized carbons (Fsp3) is 0.312. The molecule has 0 aliphatic carbocycles. The molecule has 1 fully saturated rings. The number of imide groups is 2. The van der Waals surface area contributed by atoms with E-state index in [0.29, 0.717) is 66.1 Å². The summed E-state index contributed by atoms with van der Waals surface area (Å²) in [6, 6.07) is 23.4. The van der Waals surface area contributed by atoms with E-state index in [2.05, 4.69) is 25.9 Å². The number of anilines is 1. The highest BCUT2D eigenvalue weighted by molar-refractivity contribution is 6.31. The normalized spacial score (nSPS) is 14.8. The van der Waals surface area contributed by atoms with E-state index in [-0.39, 0.29) is 74.5 Å². The van der Waals surface area contributed by atoms with Crippen LogP contribution < -0.4 is 16.0 Å². The zero-order valence-electron chi connectivity index (χ0n) is 36.3. The number of imidazole rings is 1. The molecule has 2 aliphatic heterocycles. The first-order valence-corrected chi connectivity index (χ1v) is 22.3. The summed E-state index contributed by atoms with van der Waals surface area (Å²) in [5, 5.41) is 24.8. The molecule has 6 aromatic rings. The van der Waals surface area contributed by atoms with Crippen LogP contribution in [0.15, 0.2) is 84.9 Å². The number of ether oxygens (including phenoxy) is 3. The van der Waals surface area contributed by atoms with Crippen molar-refractivity contribution in [2.45, 2.75) is 44.6 Å². The molecule has 0 radical (unpaired) electrons. The number of piperidine rings is 1. The smallest absolute Gasteiger partial charge is 0.264 e. The van der Waals surface area contributed by atoms with E-state index in [1.54, 1.807) is 36.4 Å².